The Bertz CT molecular complexity index is 739. The molecule has 0 spiro atoms. The monoisotopic (exact) mass is 323 g/mol. The molecular formula is C21H25NO2. The van der Waals surface area contributed by atoms with Crippen molar-refractivity contribution < 1.29 is 9.59 Å². The first-order chi connectivity index (χ1) is 11.4. The lowest BCUT2D eigenvalue weighted by atomic mass is 9.96. The molecule has 2 aromatic rings. The molecule has 0 atom stereocenters. The van der Waals surface area contributed by atoms with Crippen LogP contribution in [0, 0.1) is 6.92 Å². The summed E-state index contributed by atoms with van der Waals surface area (Å²) in [5, 5.41) is 0. The van der Waals surface area contributed by atoms with Crippen LogP contribution in [0.1, 0.15) is 54.0 Å². The summed E-state index contributed by atoms with van der Waals surface area (Å²) in [6.07, 6.45) is 0.772. The van der Waals surface area contributed by atoms with E-state index in [1.165, 1.54) is 0 Å². The van der Waals surface area contributed by atoms with Gasteiger partial charge < -0.3 is 4.90 Å². The van der Waals surface area contributed by atoms with Gasteiger partial charge in [-0.05, 0) is 63.4 Å². The first-order valence-corrected chi connectivity index (χ1v) is 8.34. The first kappa shape index (κ1) is 17.9. The van der Waals surface area contributed by atoms with Crippen molar-refractivity contribution >= 4 is 12.2 Å². The normalized spacial score (nSPS) is 11.0. The summed E-state index contributed by atoms with van der Waals surface area (Å²) >= 11 is 0. The van der Waals surface area contributed by atoms with Crippen molar-refractivity contribution in [2.24, 2.45) is 0 Å². The van der Waals surface area contributed by atoms with Gasteiger partial charge in [-0.2, -0.15) is 0 Å². The van der Waals surface area contributed by atoms with Gasteiger partial charge in [0.2, 0.25) is 0 Å². The maximum atomic E-state index is 12.9. The van der Waals surface area contributed by atoms with Crippen LogP contribution in [0.25, 0.3) is 11.1 Å². The van der Waals surface area contributed by atoms with E-state index in [4.69, 9.17) is 0 Å². The van der Waals surface area contributed by atoms with E-state index < -0.39 is 0 Å². The van der Waals surface area contributed by atoms with Crippen LogP contribution in [0.3, 0.4) is 0 Å². The molecule has 0 aliphatic carbocycles. The summed E-state index contributed by atoms with van der Waals surface area (Å²) in [7, 11) is 0. The van der Waals surface area contributed by atoms with Crippen molar-refractivity contribution in [3.05, 3.63) is 59.2 Å². The number of rotatable bonds is 5. The van der Waals surface area contributed by atoms with Gasteiger partial charge >= 0.3 is 0 Å². The van der Waals surface area contributed by atoms with Gasteiger partial charge in [0.25, 0.3) is 5.91 Å². The molecule has 3 heteroatoms. The number of carbonyl (C=O) groups is 2. The Labute approximate surface area is 144 Å². The van der Waals surface area contributed by atoms with E-state index in [1.54, 1.807) is 17.0 Å². The minimum absolute atomic E-state index is 0.0769. The molecule has 0 heterocycles. The number of hydrogen-bond acceptors (Lipinski definition) is 2. The largest absolute Gasteiger partial charge is 0.334 e. The van der Waals surface area contributed by atoms with Crippen LogP contribution in [-0.4, -0.2) is 29.2 Å². The Kier molecular flexibility index (Phi) is 5.55. The smallest absolute Gasteiger partial charge is 0.255 e. The van der Waals surface area contributed by atoms with Crippen molar-refractivity contribution in [3.63, 3.8) is 0 Å². The zero-order valence-electron chi connectivity index (χ0n) is 15.0. The van der Waals surface area contributed by atoms with Gasteiger partial charge in [-0.15, -0.1) is 0 Å². The molecule has 2 aromatic carbocycles. The molecule has 1 amide bonds. The third-order valence-corrected chi connectivity index (χ3v) is 4.21. The van der Waals surface area contributed by atoms with E-state index in [9.17, 15) is 9.59 Å². The van der Waals surface area contributed by atoms with E-state index in [0.717, 1.165) is 23.0 Å². The summed E-state index contributed by atoms with van der Waals surface area (Å²) in [5.41, 5.74) is 4.06. The molecule has 126 valence electrons. The second-order valence-electron chi connectivity index (χ2n) is 6.63. The van der Waals surface area contributed by atoms with Crippen LogP contribution < -0.4 is 0 Å². The van der Waals surface area contributed by atoms with Crippen molar-refractivity contribution in [1.82, 2.24) is 4.90 Å². The van der Waals surface area contributed by atoms with Crippen molar-refractivity contribution in [1.29, 1.82) is 0 Å². The third-order valence-electron chi connectivity index (χ3n) is 4.21. The molecule has 0 saturated heterocycles. The quantitative estimate of drug-likeness (QED) is 0.746. The molecule has 0 saturated carbocycles. The maximum absolute atomic E-state index is 12.9. The van der Waals surface area contributed by atoms with Crippen LogP contribution in [0.2, 0.25) is 0 Å². The fourth-order valence-corrected chi connectivity index (χ4v) is 3.12. The number of aryl methyl sites for hydroxylation is 1. The van der Waals surface area contributed by atoms with Crippen LogP contribution in [0.15, 0.2) is 42.5 Å². The summed E-state index contributed by atoms with van der Waals surface area (Å²) in [5.74, 6) is -0.0987. The molecule has 0 bridgehead atoms. The Morgan fingerprint density at radius 2 is 1.62 bits per heavy atom. The Balaban J connectivity index is 2.49. The summed E-state index contributed by atoms with van der Waals surface area (Å²) in [6, 6.07) is 13.7. The SMILES string of the molecule is Cc1ccccc1-c1ccc(C(=O)N(C(C)C)C(C)C)c(C=O)c1. The van der Waals surface area contributed by atoms with Crippen LogP contribution >= 0.6 is 0 Å². The van der Waals surface area contributed by atoms with E-state index in [2.05, 4.69) is 0 Å². The second-order valence-corrected chi connectivity index (χ2v) is 6.63. The maximum Gasteiger partial charge on any atom is 0.255 e. The Morgan fingerprint density at radius 1 is 1.00 bits per heavy atom. The summed E-state index contributed by atoms with van der Waals surface area (Å²) in [4.78, 5) is 26.3. The second kappa shape index (κ2) is 7.43. The highest BCUT2D eigenvalue weighted by Crippen LogP contribution is 2.26. The van der Waals surface area contributed by atoms with Gasteiger partial charge in [0.05, 0.1) is 5.56 Å². The lowest BCUT2D eigenvalue weighted by Crippen LogP contribution is -2.42. The van der Waals surface area contributed by atoms with Crippen molar-refractivity contribution in [2.45, 2.75) is 46.7 Å². The van der Waals surface area contributed by atoms with Gasteiger partial charge in [-0.25, -0.2) is 0 Å². The lowest BCUT2D eigenvalue weighted by molar-refractivity contribution is 0.0641. The predicted octanol–water partition coefficient (Wildman–Crippen LogP) is 4.73. The molecule has 3 nitrogen and oxygen atoms in total. The zero-order valence-corrected chi connectivity index (χ0v) is 15.0. The molecule has 2 rings (SSSR count). The number of nitrogens with zero attached hydrogens (tertiary/aromatic N) is 1. The molecule has 0 aliphatic rings. The molecule has 0 unspecified atom stereocenters. The van der Waals surface area contributed by atoms with Crippen LogP contribution in [0.4, 0.5) is 0 Å². The first-order valence-electron chi connectivity index (χ1n) is 8.34. The topological polar surface area (TPSA) is 37.4 Å². The lowest BCUT2D eigenvalue weighted by Gasteiger charge is -2.31. The molecule has 0 fully saturated rings. The number of benzene rings is 2. The van der Waals surface area contributed by atoms with Crippen molar-refractivity contribution in [3.8, 4) is 11.1 Å². The fourth-order valence-electron chi connectivity index (χ4n) is 3.12. The van der Waals surface area contributed by atoms with Gasteiger partial charge in [0.15, 0.2) is 6.29 Å². The van der Waals surface area contributed by atoms with Gasteiger partial charge in [-0.1, -0.05) is 30.3 Å². The zero-order chi connectivity index (χ0) is 17.9. The summed E-state index contributed by atoms with van der Waals surface area (Å²) in [6.45, 7) is 9.98. The van der Waals surface area contributed by atoms with Gasteiger partial charge in [0.1, 0.15) is 0 Å². The van der Waals surface area contributed by atoms with E-state index in [0.29, 0.717) is 11.1 Å². The molecule has 0 radical (unpaired) electrons. The molecule has 0 N–H and O–H groups in total. The van der Waals surface area contributed by atoms with Gasteiger partial charge in [0, 0.05) is 17.6 Å². The Morgan fingerprint density at radius 3 is 2.17 bits per heavy atom. The fraction of sp³-hybridized carbons (Fsp3) is 0.333. The number of amides is 1. The van der Waals surface area contributed by atoms with E-state index in [-0.39, 0.29) is 18.0 Å². The minimum atomic E-state index is -0.0987. The van der Waals surface area contributed by atoms with Crippen LogP contribution in [0.5, 0.6) is 0 Å². The number of hydrogen-bond donors (Lipinski definition) is 0. The minimum Gasteiger partial charge on any atom is -0.334 e. The van der Waals surface area contributed by atoms with E-state index in [1.807, 2.05) is 65.0 Å². The molecule has 24 heavy (non-hydrogen) atoms. The summed E-state index contributed by atoms with van der Waals surface area (Å²) < 4.78 is 0. The van der Waals surface area contributed by atoms with E-state index >= 15 is 0 Å². The van der Waals surface area contributed by atoms with Gasteiger partial charge in [-0.3, -0.25) is 9.59 Å². The Hall–Kier alpha value is -2.42. The highest BCUT2D eigenvalue weighted by molar-refractivity contribution is 6.02. The number of aldehydes is 1. The standard InChI is InChI=1S/C21H25NO2/c1-14(2)22(15(3)4)21(24)20-11-10-17(12-18(20)13-23)19-9-7-6-8-16(19)5/h6-15H,1-5H3. The average molecular weight is 323 g/mol. The molecular weight excluding hydrogens is 298 g/mol. The highest BCUT2D eigenvalue weighted by atomic mass is 16.2. The average Bonchev–Trinajstić information content (AvgIpc) is 2.54. The third kappa shape index (κ3) is 3.56. The number of carbonyl (C=O) groups excluding carboxylic acids is 2. The predicted molar refractivity (Wildman–Crippen MR) is 98.4 cm³/mol. The van der Waals surface area contributed by atoms with Crippen molar-refractivity contribution in [2.75, 3.05) is 0 Å². The van der Waals surface area contributed by atoms with Crippen LogP contribution in [-0.2, 0) is 0 Å². The molecule has 0 aliphatic heterocycles. The molecule has 0 aromatic heterocycles. The highest BCUT2D eigenvalue weighted by Gasteiger charge is 2.23.